The molecule has 39 heavy (non-hydrogen) atoms. The Morgan fingerprint density at radius 1 is 1.03 bits per heavy atom. The second-order valence-electron chi connectivity index (χ2n) is 11.3. The van der Waals surface area contributed by atoms with Crippen LogP contribution in [-0.4, -0.2) is 59.6 Å². The molecule has 2 aromatic rings. The van der Waals surface area contributed by atoms with Crippen molar-refractivity contribution in [1.29, 1.82) is 0 Å². The van der Waals surface area contributed by atoms with E-state index >= 15 is 0 Å². The van der Waals surface area contributed by atoms with Crippen molar-refractivity contribution in [2.75, 3.05) is 13.6 Å². The molecule has 3 atom stereocenters. The molecule has 0 fully saturated rings. The maximum absolute atomic E-state index is 13.5. The number of likely N-dealkylation sites (N-methyl/N-ethyl adjacent to an activating group) is 1. The van der Waals surface area contributed by atoms with Crippen LogP contribution in [0.25, 0.3) is 0 Å². The average Bonchev–Trinajstić information content (AvgIpc) is 2.83. The molecule has 4 amide bonds. The molecule has 3 unspecified atom stereocenters. The van der Waals surface area contributed by atoms with Crippen LogP contribution < -0.4 is 22.1 Å². The van der Waals surface area contributed by atoms with E-state index in [1.807, 2.05) is 40.7 Å². The van der Waals surface area contributed by atoms with E-state index in [0.717, 1.165) is 11.1 Å². The third-order valence-electron chi connectivity index (χ3n) is 6.57. The van der Waals surface area contributed by atoms with Crippen molar-refractivity contribution in [3.63, 3.8) is 0 Å². The Hall–Kier alpha value is -3.66. The minimum absolute atomic E-state index is 0.0688. The highest BCUT2D eigenvalue weighted by molar-refractivity contribution is 5.90. The second kappa shape index (κ2) is 13.4. The predicted molar refractivity (Wildman–Crippen MR) is 150 cm³/mol. The molecule has 0 aliphatic rings. The standard InChI is InChI=1S/C29H42FN5O4/c1-17(2)25(35(6)27(38)23(31)15-18-7-10-20(30)11-8-18)26(37)34-21(16-33-28(32)39)13-19-9-12-24(36)22(14-19)29(3,4)5/h7-12,14,17,21,23,25,36H,13,15-16,31H2,1-6H3,(H,34,37)(H3,32,33,39). The minimum atomic E-state index is -0.922. The van der Waals surface area contributed by atoms with Crippen LogP contribution in [0.1, 0.15) is 51.3 Å². The smallest absolute Gasteiger partial charge is 0.312 e. The zero-order valence-corrected chi connectivity index (χ0v) is 23.6. The summed E-state index contributed by atoms with van der Waals surface area (Å²) in [5.74, 6) is -1.27. The molecule has 0 heterocycles. The van der Waals surface area contributed by atoms with Gasteiger partial charge in [0.05, 0.1) is 12.1 Å². The molecule has 0 aliphatic carbocycles. The van der Waals surface area contributed by atoms with E-state index < -0.39 is 36.0 Å². The SMILES string of the molecule is CC(C)C(C(=O)NC(CNC(N)=O)Cc1ccc(O)c(C(C)(C)C)c1)N(C)C(=O)C(N)Cc1ccc(F)cc1. The van der Waals surface area contributed by atoms with Crippen molar-refractivity contribution in [3.8, 4) is 5.75 Å². The van der Waals surface area contributed by atoms with E-state index in [9.17, 15) is 23.9 Å². The Morgan fingerprint density at radius 2 is 1.62 bits per heavy atom. The number of urea groups is 1. The number of hydrogen-bond donors (Lipinski definition) is 5. The Balaban J connectivity index is 2.21. The van der Waals surface area contributed by atoms with Crippen LogP contribution in [0, 0.1) is 11.7 Å². The molecule has 0 spiro atoms. The summed E-state index contributed by atoms with van der Waals surface area (Å²) in [5, 5.41) is 15.8. The zero-order chi connectivity index (χ0) is 29.5. The van der Waals surface area contributed by atoms with Gasteiger partial charge in [0.15, 0.2) is 0 Å². The predicted octanol–water partition coefficient (Wildman–Crippen LogP) is 2.58. The summed E-state index contributed by atoms with van der Waals surface area (Å²) >= 11 is 0. The molecule has 0 bridgehead atoms. The Morgan fingerprint density at radius 3 is 2.15 bits per heavy atom. The van der Waals surface area contributed by atoms with E-state index in [0.29, 0.717) is 12.0 Å². The van der Waals surface area contributed by atoms with Crippen LogP contribution in [0.2, 0.25) is 0 Å². The van der Waals surface area contributed by atoms with Crippen LogP contribution in [0.3, 0.4) is 0 Å². The molecule has 214 valence electrons. The summed E-state index contributed by atoms with van der Waals surface area (Å²) in [6.45, 7) is 9.68. The van der Waals surface area contributed by atoms with E-state index in [1.54, 1.807) is 24.3 Å². The Labute approximate surface area is 230 Å². The van der Waals surface area contributed by atoms with Gasteiger partial charge in [-0.15, -0.1) is 0 Å². The molecule has 2 rings (SSSR count). The first-order valence-electron chi connectivity index (χ1n) is 13.0. The molecular formula is C29H42FN5O4. The third kappa shape index (κ3) is 9.24. The maximum atomic E-state index is 13.5. The highest BCUT2D eigenvalue weighted by Gasteiger charge is 2.33. The number of amides is 4. The number of benzene rings is 2. The first-order chi connectivity index (χ1) is 18.1. The lowest BCUT2D eigenvalue weighted by Gasteiger charge is -2.33. The topological polar surface area (TPSA) is 151 Å². The molecule has 0 radical (unpaired) electrons. The fourth-order valence-corrected chi connectivity index (χ4v) is 4.57. The average molecular weight is 544 g/mol. The summed E-state index contributed by atoms with van der Waals surface area (Å²) in [7, 11) is 1.53. The molecule has 0 aliphatic heterocycles. The summed E-state index contributed by atoms with van der Waals surface area (Å²) in [4.78, 5) is 39.4. The molecular weight excluding hydrogens is 501 g/mol. The van der Waals surface area contributed by atoms with Gasteiger partial charge in [-0.2, -0.15) is 0 Å². The zero-order valence-electron chi connectivity index (χ0n) is 23.6. The highest BCUT2D eigenvalue weighted by atomic mass is 19.1. The van der Waals surface area contributed by atoms with Gasteiger partial charge in [0.2, 0.25) is 11.8 Å². The lowest BCUT2D eigenvalue weighted by molar-refractivity contribution is -0.141. The van der Waals surface area contributed by atoms with Gasteiger partial charge in [0.1, 0.15) is 17.6 Å². The van der Waals surface area contributed by atoms with Crippen LogP contribution in [-0.2, 0) is 27.8 Å². The van der Waals surface area contributed by atoms with E-state index in [2.05, 4.69) is 10.6 Å². The van der Waals surface area contributed by atoms with Gasteiger partial charge < -0.3 is 32.1 Å². The lowest BCUT2D eigenvalue weighted by Crippen LogP contribution is -2.57. The summed E-state index contributed by atoms with van der Waals surface area (Å²) < 4.78 is 13.2. The quantitative estimate of drug-likeness (QED) is 0.295. The minimum Gasteiger partial charge on any atom is -0.508 e. The van der Waals surface area contributed by atoms with Crippen LogP contribution in [0.5, 0.6) is 5.75 Å². The fourth-order valence-electron chi connectivity index (χ4n) is 4.57. The number of phenolic OH excluding ortho intramolecular Hbond substituents is 1. The largest absolute Gasteiger partial charge is 0.508 e. The number of carbonyl (C=O) groups is 3. The number of nitrogens with two attached hydrogens (primary N) is 2. The summed E-state index contributed by atoms with van der Waals surface area (Å²) in [6, 6.07) is 7.98. The van der Waals surface area contributed by atoms with Crippen LogP contribution >= 0.6 is 0 Å². The fraction of sp³-hybridized carbons (Fsp3) is 0.483. The third-order valence-corrected chi connectivity index (χ3v) is 6.57. The molecule has 0 saturated carbocycles. The van der Waals surface area contributed by atoms with Gasteiger partial charge >= 0.3 is 6.03 Å². The van der Waals surface area contributed by atoms with Gasteiger partial charge in [0.25, 0.3) is 0 Å². The van der Waals surface area contributed by atoms with Gasteiger partial charge in [-0.25, -0.2) is 9.18 Å². The molecule has 0 aromatic heterocycles. The summed E-state index contributed by atoms with van der Waals surface area (Å²) in [6.07, 6.45) is 0.542. The van der Waals surface area contributed by atoms with Crippen molar-refractivity contribution in [1.82, 2.24) is 15.5 Å². The van der Waals surface area contributed by atoms with Crippen LogP contribution in [0.4, 0.5) is 9.18 Å². The summed E-state index contributed by atoms with van der Waals surface area (Å²) in [5.41, 5.74) is 13.5. The van der Waals surface area contributed by atoms with Gasteiger partial charge in [-0.05, 0) is 59.1 Å². The van der Waals surface area contributed by atoms with Crippen molar-refractivity contribution in [2.24, 2.45) is 17.4 Å². The number of rotatable bonds is 11. The highest BCUT2D eigenvalue weighted by Crippen LogP contribution is 2.31. The second-order valence-corrected chi connectivity index (χ2v) is 11.3. The first-order valence-corrected chi connectivity index (χ1v) is 13.0. The van der Waals surface area contributed by atoms with Crippen molar-refractivity contribution >= 4 is 17.8 Å². The number of carbonyl (C=O) groups excluding carboxylic acids is 3. The molecule has 7 N–H and O–H groups in total. The number of halogens is 1. The monoisotopic (exact) mass is 543 g/mol. The van der Waals surface area contributed by atoms with E-state index in [1.165, 1.54) is 24.1 Å². The molecule has 10 heteroatoms. The number of aromatic hydroxyl groups is 1. The molecule has 0 saturated heterocycles. The molecule has 9 nitrogen and oxygen atoms in total. The number of nitrogens with one attached hydrogen (secondary N) is 2. The Kier molecular flexibility index (Phi) is 10.9. The molecule has 2 aromatic carbocycles. The van der Waals surface area contributed by atoms with Gasteiger partial charge in [0, 0.05) is 13.6 Å². The Bertz CT molecular complexity index is 1150. The number of phenols is 1. The number of hydrogen-bond acceptors (Lipinski definition) is 5. The van der Waals surface area contributed by atoms with Gasteiger partial charge in [-0.1, -0.05) is 58.9 Å². The van der Waals surface area contributed by atoms with Gasteiger partial charge in [-0.3, -0.25) is 9.59 Å². The first kappa shape index (κ1) is 31.6. The van der Waals surface area contributed by atoms with Crippen molar-refractivity contribution < 1.29 is 23.9 Å². The lowest BCUT2D eigenvalue weighted by atomic mass is 9.84. The van der Waals surface area contributed by atoms with Crippen LogP contribution in [0.15, 0.2) is 42.5 Å². The van der Waals surface area contributed by atoms with E-state index in [4.69, 9.17) is 11.5 Å². The normalized spacial score (nSPS) is 13.9. The maximum Gasteiger partial charge on any atom is 0.312 e. The van der Waals surface area contributed by atoms with Crippen molar-refractivity contribution in [2.45, 2.75) is 71.0 Å². The number of nitrogens with zero attached hydrogens (tertiary/aromatic N) is 1. The number of primary amides is 1. The van der Waals surface area contributed by atoms with Crippen molar-refractivity contribution in [3.05, 3.63) is 65.0 Å². The van der Waals surface area contributed by atoms with E-state index in [-0.39, 0.29) is 35.9 Å².